The standard InChI is InChI=1S/C12H25N/c1-4-6-12-7-9-13(10-8-12)11(3)5-2/h11-12H,4-10H2,1-3H3. The molecule has 1 atom stereocenters. The van der Waals surface area contributed by atoms with Crippen LogP contribution >= 0.6 is 0 Å². The van der Waals surface area contributed by atoms with E-state index in [9.17, 15) is 0 Å². The number of hydrogen-bond donors (Lipinski definition) is 0. The van der Waals surface area contributed by atoms with E-state index in [1.54, 1.807) is 0 Å². The van der Waals surface area contributed by atoms with E-state index in [2.05, 4.69) is 25.7 Å². The molecule has 13 heavy (non-hydrogen) atoms. The number of likely N-dealkylation sites (tertiary alicyclic amines) is 1. The Kier molecular flexibility index (Phi) is 4.79. The molecule has 0 aliphatic carbocycles. The molecule has 0 radical (unpaired) electrons. The first kappa shape index (κ1) is 11.0. The Balaban J connectivity index is 2.22. The normalized spacial score (nSPS) is 23.3. The van der Waals surface area contributed by atoms with Gasteiger partial charge in [-0.3, -0.25) is 0 Å². The Morgan fingerprint density at radius 3 is 2.31 bits per heavy atom. The smallest absolute Gasteiger partial charge is 0.00643 e. The number of rotatable bonds is 4. The summed E-state index contributed by atoms with van der Waals surface area (Å²) >= 11 is 0. The summed E-state index contributed by atoms with van der Waals surface area (Å²) < 4.78 is 0. The maximum absolute atomic E-state index is 2.66. The van der Waals surface area contributed by atoms with E-state index in [0.29, 0.717) is 0 Å². The summed E-state index contributed by atoms with van der Waals surface area (Å²) in [5.74, 6) is 1.03. The van der Waals surface area contributed by atoms with Crippen molar-refractivity contribution in [2.45, 2.75) is 58.9 Å². The molecular weight excluding hydrogens is 158 g/mol. The average Bonchev–Trinajstić information content (AvgIpc) is 2.18. The van der Waals surface area contributed by atoms with Gasteiger partial charge in [0.15, 0.2) is 0 Å². The summed E-state index contributed by atoms with van der Waals surface area (Å²) in [6, 6.07) is 0.808. The molecule has 1 aliphatic heterocycles. The van der Waals surface area contributed by atoms with E-state index in [0.717, 1.165) is 12.0 Å². The summed E-state index contributed by atoms with van der Waals surface area (Å²) in [6.07, 6.45) is 7.01. The maximum atomic E-state index is 2.66. The van der Waals surface area contributed by atoms with Gasteiger partial charge in [-0.1, -0.05) is 26.7 Å². The van der Waals surface area contributed by atoms with Crippen LogP contribution in [0.3, 0.4) is 0 Å². The Bertz CT molecular complexity index is 125. The van der Waals surface area contributed by atoms with E-state index in [1.165, 1.54) is 45.2 Å². The highest BCUT2D eigenvalue weighted by Crippen LogP contribution is 2.23. The van der Waals surface area contributed by atoms with Gasteiger partial charge < -0.3 is 4.90 Å². The Morgan fingerprint density at radius 2 is 1.85 bits per heavy atom. The second kappa shape index (κ2) is 5.64. The van der Waals surface area contributed by atoms with Gasteiger partial charge in [0, 0.05) is 6.04 Å². The molecule has 0 aromatic heterocycles. The minimum absolute atomic E-state index is 0.808. The molecule has 0 saturated carbocycles. The van der Waals surface area contributed by atoms with E-state index in [-0.39, 0.29) is 0 Å². The lowest BCUT2D eigenvalue weighted by molar-refractivity contribution is 0.134. The topological polar surface area (TPSA) is 3.24 Å². The zero-order chi connectivity index (χ0) is 9.68. The lowest BCUT2D eigenvalue weighted by atomic mass is 9.92. The Morgan fingerprint density at radius 1 is 1.23 bits per heavy atom. The van der Waals surface area contributed by atoms with Crippen LogP contribution in [0.2, 0.25) is 0 Å². The van der Waals surface area contributed by atoms with Gasteiger partial charge in [-0.05, 0) is 45.2 Å². The third kappa shape index (κ3) is 3.30. The molecular formula is C12H25N. The van der Waals surface area contributed by atoms with Crippen molar-refractivity contribution in [1.82, 2.24) is 4.90 Å². The molecule has 0 aromatic rings. The van der Waals surface area contributed by atoms with Gasteiger partial charge in [-0.15, -0.1) is 0 Å². The lowest BCUT2D eigenvalue weighted by Crippen LogP contribution is -2.39. The van der Waals surface area contributed by atoms with Crippen molar-refractivity contribution >= 4 is 0 Å². The third-order valence-electron chi connectivity index (χ3n) is 3.56. The number of piperidine rings is 1. The largest absolute Gasteiger partial charge is 0.301 e. The summed E-state index contributed by atoms with van der Waals surface area (Å²) in [5, 5.41) is 0. The minimum atomic E-state index is 0.808. The quantitative estimate of drug-likeness (QED) is 0.646. The van der Waals surface area contributed by atoms with Gasteiger partial charge in [0.2, 0.25) is 0 Å². The van der Waals surface area contributed by atoms with E-state index in [1.807, 2.05) is 0 Å². The molecule has 0 aromatic carbocycles. The molecule has 78 valence electrons. The maximum Gasteiger partial charge on any atom is 0.00643 e. The van der Waals surface area contributed by atoms with Crippen LogP contribution in [-0.4, -0.2) is 24.0 Å². The van der Waals surface area contributed by atoms with E-state index < -0.39 is 0 Å². The first-order chi connectivity index (χ1) is 6.27. The fraction of sp³-hybridized carbons (Fsp3) is 1.00. The van der Waals surface area contributed by atoms with Gasteiger partial charge in [0.25, 0.3) is 0 Å². The molecule has 1 rings (SSSR count). The van der Waals surface area contributed by atoms with Gasteiger partial charge in [0.1, 0.15) is 0 Å². The minimum Gasteiger partial charge on any atom is -0.301 e. The molecule has 1 heteroatoms. The highest BCUT2D eigenvalue weighted by molar-refractivity contribution is 4.75. The Hall–Kier alpha value is -0.0400. The zero-order valence-corrected chi connectivity index (χ0v) is 9.55. The second-order valence-electron chi connectivity index (χ2n) is 4.53. The fourth-order valence-corrected chi connectivity index (χ4v) is 2.35. The monoisotopic (exact) mass is 183 g/mol. The zero-order valence-electron chi connectivity index (χ0n) is 9.55. The molecule has 1 aliphatic rings. The van der Waals surface area contributed by atoms with Crippen LogP contribution < -0.4 is 0 Å². The highest BCUT2D eigenvalue weighted by atomic mass is 15.2. The van der Waals surface area contributed by atoms with Crippen molar-refractivity contribution in [3.05, 3.63) is 0 Å². The third-order valence-corrected chi connectivity index (χ3v) is 3.56. The SMILES string of the molecule is CCCC1CCN(C(C)CC)CC1. The van der Waals surface area contributed by atoms with Gasteiger partial charge in [0.05, 0.1) is 0 Å². The summed E-state index contributed by atoms with van der Waals surface area (Å²) in [6.45, 7) is 9.66. The molecule has 0 spiro atoms. The molecule has 1 fully saturated rings. The lowest BCUT2D eigenvalue weighted by Gasteiger charge is -2.35. The second-order valence-corrected chi connectivity index (χ2v) is 4.53. The van der Waals surface area contributed by atoms with Crippen molar-refractivity contribution in [2.24, 2.45) is 5.92 Å². The van der Waals surface area contributed by atoms with Crippen molar-refractivity contribution in [3.63, 3.8) is 0 Å². The molecule has 1 unspecified atom stereocenters. The Labute approximate surface area is 83.5 Å². The number of nitrogens with zero attached hydrogens (tertiary/aromatic N) is 1. The molecule has 0 N–H and O–H groups in total. The predicted octanol–water partition coefficient (Wildman–Crippen LogP) is 3.30. The summed E-state index contributed by atoms with van der Waals surface area (Å²) in [7, 11) is 0. The average molecular weight is 183 g/mol. The van der Waals surface area contributed by atoms with Crippen LogP contribution in [0.4, 0.5) is 0 Å². The van der Waals surface area contributed by atoms with Crippen LogP contribution in [0.15, 0.2) is 0 Å². The first-order valence-electron chi connectivity index (χ1n) is 6.02. The predicted molar refractivity (Wildman–Crippen MR) is 59.0 cm³/mol. The first-order valence-corrected chi connectivity index (χ1v) is 6.02. The van der Waals surface area contributed by atoms with Crippen LogP contribution in [0.1, 0.15) is 52.9 Å². The van der Waals surface area contributed by atoms with E-state index in [4.69, 9.17) is 0 Å². The molecule has 1 nitrogen and oxygen atoms in total. The molecule has 1 saturated heterocycles. The van der Waals surface area contributed by atoms with Gasteiger partial charge in [-0.25, -0.2) is 0 Å². The van der Waals surface area contributed by atoms with Crippen LogP contribution in [0, 0.1) is 5.92 Å². The van der Waals surface area contributed by atoms with Crippen LogP contribution in [0.25, 0.3) is 0 Å². The van der Waals surface area contributed by atoms with Crippen molar-refractivity contribution in [3.8, 4) is 0 Å². The molecule has 0 amide bonds. The molecule has 1 heterocycles. The van der Waals surface area contributed by atoms with Gasteiger partial charge >= 0.3 is 0 Å². The van der Waals surface area contributed by atoms with Gasteiger partial charge in [-0.2, -0.15) is 0 Å². The summed E-state index contributed by atoms with van der Waals surface area (Å²) in [5.41, 5.74) is 0. The molecule has 0 bridgehead atoms. The fourth-order valence-electron chi connectivity index (χ4n) is 2.35. The van der Waals surface area contributed by atoms with Crippen LogP contribution in [0.5, 0.6) is 0 Å². The van der Waals surface area contributed by atoms with E-state index >= 15 is 0 Å². The highest BCUT2D eigenvalue weighted by Gasteiger charge is 2.20. The van der Waals surface area contributed by atoms with Crippen molar-refractivity contribution < 1.29 is 0 Å². The summed E-state index contributed by atoms with van der Waals surface area (Å²) in [4.78, 5) is 2.66. The van der Waals surface area contributed by atoms with Crippen molar-refractivity contribution in [1.29, 1.82) is 0 Å². The van der Waals surface area contributed by atoms with Crippen molar-refractivity contribution in [2.75, 3.05) is 13.1 Å². The van der Waals surface area contributed by atoms with Crippen LogP contribution in [-0.2, 0) is 0 Å². The number of hydrogen-bond acceptors (Lipinski definition) is 1.